The molecule has 1 aliphatic heterocycles. The molecule has 1 aliphatic rings. The first-order valence-electron chi connectivity index (χ1n) is 3.32. The second-order valence-electron chi connectivity index (χ2n) is 2.60. The van der Waals surface area contributed by atoms with E-state index < -0.39 is 0 Å². The normalized spacial score (nSPS) is 25.5. The van der Waals surface area contributed by atoms with Gasteiger partial charge in [-0.25, -0.2) is 0 Å². The van der Waals surface area contributed by atoms with Crippen molar-refractivity contribution in [2.75, 3.05) is 7.05 Å². The summed E-state index contributed by atoms with van der Waals surface area (Å²) < 4.78 is 0. The summed E-state index contributed by atoms with van der Waals surface area (Å²) in [4.78, 5) is 23.1. The van der Waals surface area contributed by atoms with E-state index in [0.29, 0.717) is 5.70 Å². The maximum Gasteiger partial charge on any atom is 0.254 e. The van der Waals surface area contributed by atoms with E-state index in [0.717, 1.165) is 4.90 Å². The number of imide groups is 1. The number of hydrogen-bond donors (Lipinski definition) is 1. The minimum absolute atomic E-state index is 0.241. The van der Waals surface area contributed by atoms with E-state index in [1.165, 1.54) is 13.1 Å². The van der Waals surface area contributed by atoms with Crippen LogP contribution in [0.2, 0.25) is 0 Å². The van der Waals surface area contributed by atoms with Crippen LogP contribution in [-0.2, 0) is 9.59 Å². The zero-order chi connectivity index (χ0) is 8.59. The molecule has 0 saturated carbocycles. The number of nitrogens with zero attached hydrogens (tertiary/aromatic N) is 1. The Kier molecular flexibility index (Phi) is 1.68. The Morgan fingerprint density at radius 2 is 2.09 bits per heavy atom. The van der Waals surface area contributed by atoms with Crippen LogP contribution in [0.15, 0.2) is 11.8 Å². The first-order chi connectivity index (χ1) is 5.04. The molecule has 1 unspecified atom stereocenters. The predicted octanol–water partition coefficient (Wildman–Crippen LogP) is -0.536. The SMILES string of the molecule is CC1C(=O)N(C)C(=O)C=C1N. The molecular weight excluding hydrogens is 144 g/mol. The van der Waals surface area contributed by atoms with E-state index in [9.17, 15) is 9.59 Å². The maximum atomic E-state index is 11.1. The van der Waals surface area contributed by atoms with E-state index in [4.69, 9.17) is 5.73 Å². The molecule has 2 amide bonds. The highest BCUT2D eigenvalue weighted by Gasteiger charge is 2.28. The molecule has 4 nitrogen and oxygen atoms in total. The summed E-state index contributed by atoms with van der Waals surface area (Å²) in [5.74, 6) is -0.946. The van der Waals surface area contributed by atoms with Gasteiger partial charge in [-0.05, 0) is 6.92 Å². The van der Waals surface area contributed by atoms with Crippen molar-refractivity contribution >= 4 is 11.8 Å². The van der Waals surface area contributed by atoms with Crippen LogP contribution in [0.25, 0.3) is 0 Å². The smallest absolute Gasteiger partial charge is 0.254 e. The monoisotopic (exact) mass is 154 g/mol. The molecule has 0 aliphatic carbocycles. The molecule has 0 saturated heterocycles. The molecule has 0 aromatic carbocycles. The van der Waals surface area contributed by atoms with Gasteiger partial charge in [-0.15, -0.1) is 0 Å². The lowest BCUT2D eigenvalue weighted by molar-refractivity contribution is -0.143. The van der Waals surface area contributed by atoms with Gasteiger partial charge in [-0.3, -0.25) is 14.5 Å². The molecule has 60 valence electrons. The first-order valence-corrected chi connectivity index (χ1v) is 3.32. The van der Waals surface area contributed by atoms with Crippen molar-refractivity contribution in [1.29, 1.82) is 0 Å². The summed E-state index contributed by atoms with van der Waals surface area (Å²) in [5.41, 5.74) is 5.76. The number of carbonyl (C=O) groups excluding carboxylic acids is 2. The fraction of sp³-hybridized carbons (Fsp3) is 0.429. The van der Waals surface area contributed by atoms with Gasteiger partial charge in [-0.2, -0.15) is 0 Å². The van der Waals surface area contributed by atoms with Crippen molar-refractivity contribution in [3.05, 3.63) is 11.8 Å². The molecule has 1 atom stereocenters. The van der Waals surface area contributed by atoms with Crippen LogP contribution in [0.3, 0.4) is 0 Å². The van der Waals surface area contributed by atoms with Crippen molar-refractivity contribution in [2.24, 2.45) is 11.7 Å². The summed E-state index contributed by atoms with van der Waals surface area (Å²) in [6.07, 6.45) is 1.28. The van der Waals surface area contributed by atoms with E-state index in [2.05, 4.69) is 0 Å². The summed E-state index contributed by atoms with van der Waals surface area (Å²) in [6.45, 7) is 1.68. The number of amides is 2. The molecule has 0 radical (unpaired) electrons. The third-order valence-corrected chi connectivity index (χ3v) is 1.82. The molecule has 0 spiro atoms. The highest BCUT2D eigenvalue weighted by molar-refractivity contribution is 6.05. The second kappa shape index (κ2) is 2.38. The zero-order valence-corrected chi connectivity index (χ0v) is 6.50. The summed E-state index contributed by atoms with van der Waals surface area (Å²) in [7, 11) is 1.45. The van der Waals surface area contributed by atoms with Crippen molar-refractivity contribution in [3.8, 4) is 0 Å². The van der Waals surface area contributed by atoms with E-state index in [1.54, 1.807) is 6.92 Å². The molecular formula is C7H10N2O2. The molecule has 2 N–H and O–H groups in total. The lowest BCUT2D eigenvalue weighted by Crippen LogP contribution is -2.42. The molecule has 4 heteroatoms. The van der Waals surface area contributed by atoms with Gasteiger partial charge in [0.25, 0.3) is 5.91 Å². The second-order valence-corrected chi connectivity index (χ2v) is 2.60. The average molecular weight is 154 g/mol. The van der Waals surface area contributed by atoms with Crippen molar-refractivity contribution in [3.63, 3.8) is 0 Å². The van der Waals surface area contributed by atoms with Crippen molar-refractivity contribution in [1.82, 2.24) is 4.90 Å². The van der Waals surface area contributed by atoms with Gasteiger partial charge in [0.05, 0.1) is 5.92 Å². The predicted molar refractivity (Wildman–Crippen MR) is 39.2 cm³/mol. The minimum Gasteiger partial charge on any atom is -0.401 e. The molecule has 0 fully saturated rings. The van der Waals surface area contributed by atoms with Crippen LogP contribution in [0.5, 0.6) is 0 Å². The minimum atomic E-state index is -0.363. The van der Waals surface area contributed by atoms with E-state index in [1.807, 2.05) is 0 Å². The topological polar surface area (TPSA) is 63.4 Å². The highest BCUT2D eigenvalue weighted by atomic mass is 16.2. The zero-order valence-electron chi connectivity index (χ0n) is 6.50. The standard InChI is InChI=1S/C7H10N2O2/c1-4-5(8)3-6(10)9(2)7(4)11/h3-4H,8H2,1-2H3. The Labute approximate surface area is 64.7 Å². The number of carbonyl (C=O) groups is 2. The van der Waals surface area contributed by atoms with Gasteiger partial charge in [0.1, 0.15) is 0 Å². The van der Waals surface area contributed by atoms with Crippen LogP contribution in [0.4, 0.5) is 0 Å². The Morgan fingerprint density at radius 1 is 1.55 bits per heavy atom. The molecule has 11 heavy (non-hydrogen) atoms. The highest BCUT2D eigenvalue weighted by Crippen LogP contribution is 2.13. The summed E-state index contributed by atoms with van der Waals surface area (Å²) >= 11 is 0. The molecule has 0 aromatic heterocycles. The molecule has 1 rings (SSSR count). The van der Waals surface area contributed by atoms with Gasteiger partial charge >= 0.3 is 0 Å². The summed E-state index contributed by atoms with van der Waals surface area (Å²) in [6, 6.07) is 0. The van der Waals surface area contributed by atoms with Crippen molar-refractivity contribution in [2.45, 2.75) is 6.92 Å². The molecule has 0 bridgehead atoms. The van der Waals surface area contributed by atoms with E-state index >= 15 is 0 Å². The first kappa shape index (κ1) is 7.78. The number of rotatable bonds is 0. The van der Waals surface area contributed by atoms with Crippen LogP contribution in [0, 0.1) is 5.92 Å². The molecule has 0 aromatic rings. The van der Waals surface area contributed by atoms with Gasteiger partial charge in [0.15, 0.2) is 0 Å². The van der Waals surface area contributed by atoms with Crippen LogP contribution in [-0.4, -0.2) is 23.8 Å². The number of hydrogen-bond acceptors (Lipinski definition) is 3. The van der Waals surface area contributed by atoms with Crippen LogP contribution < -0.4 is 5.73 Å². The van der Waals surface area contributed by atoms with Gasteiger partial charge in [-0.1, -0.05) is 0 Å². The lowest BCUT2D eigenvalue weighted by Gasteiger charge is -2.23. The average Bonchev–Trinajstić information content (AvgIpc) is 1.97. The fourth-order valence-corrected chi connectivity index (χ4v) is 0.906. The van der Waals surface area contributed by atoms with E-state index in [-0.39, 0.29) is 17.7 Å². The van der Waals surface area contributed by atoms with Crippen molar-refractivity contribution < 1.29 is 9.59 Å². The Morgan fingerprint density at radius 3 is 2.64 bits per heavy atom. The van der Waals surface area contributed by atoms with Gasteiger partial charge in [0, 0.05) is 18.8 Å². The summed E-state index contributed by atoms with van der Waals surface area (Å²) in [5, 5.41) is 0. The number of nitrogens with two attached hydrogens (primary N) is 1. The van der Waals surface area contributed by atoms with Crippen LogP contribution >= 0.6 is 0 Å². The number of likely N-dealkylation sites (N-methyl/N-ethyl adjacent to an activating group) is 1. The quantitative estimate of drug-likeness (QED) is 0.477. The molecule has 1 heterocycles. The largest absolute Gasteiger partial charge is 0.401 e. The Balaban J connectivity index is 3.01. The Hall–Kier alpha value is -1.32. The third-order valence-electron chi connectivity index (χ3n) is 1.82. The Bertz CT molecular complexity index is 245. The van der Waals surface area contributed by atoms with Gasteiger partial charge < -0.3 is 5.73 Å². The maximum absolute atomic E-state index is 11.1. The van der Waals surface area contributed by atoms with Crippen LogP contribution in [0.1, 0.15) is 6.92 Å². The van der Waals surface area contributed by atoms with Gasteiger partial charge in [0.2, 0.25) is 5.91 Å². The lowest BCUT2D eigenvalue weighted by atomic mass is 10.0. The fourth-order valence-electron chi connectivity index (χ4n) is 0.906. The third kappa shape index (κ3) is 1.11.